The Hall–Kier alpha value is -3.45. The first-order chi connectivity index (χ1) is 13.6. The number of nitrogens with one attached hydrogen (secondary N) is 2. The molecule has 0 bridgehead atoms. The molecule has 2 N–H and O–H groups in total. The quantitative estimate of drug-likeness (QED) is 0.661. The molecular weight excluding hydrogens is 382 g/mol. The number of anilines is 3. The first kappa shape index (κ1) is 17.9. The summed E-state index contributed by atoms with van der Waals surface area (Å²) in [6, 6.07) is 13.9. The van der Waals surface area contributed by atoms with Crippen molar-refractivity contribution in [3.05, 3.63) is 65.4 Å². The largest absolute Gasteiger partial charge is 0.495 e. The molecule has 2 aromatic carbocycles. The van der Waals surface area contributed by atoms with Crippen LogP contribution in [-0.4, -0.2) is 24.8 Å². The van der Waals surface area contributed by atoms with Crippen LogP contribution >= 0.6 is 11.6 Å². The molecule has 1 aliphatic rings. The van der Waals surface area contributed by atoms with Gasteiger partial charge in [-0.05, 0) is 42.5 Å². The highest BCUT2D eigenvalue weighted by Crippen LogP contribution is 2.35. The van der Waals surface area contributed by atoms with Crippen LogP contribution in [0.1, 0.15) is 10.5 Å². The number of carbonyl (C=O) groups excluding carboxylic acids is 1. The molecule has 8 heteroatoms. The van der Waals surface area contributed by atoms with Crippen LogP contribution in [-0.2, 0) is 0 Å². The number of benzene rings is 2. The van der Waals surface area contributed by atoms with E-state index in [1.807, 2.05) is 18.2 Å². The molecule has 0 unspecified atom stereocenters. The minimum Gasteiger partial charge on any atom is -0.495 e. The Morgan fingerprint density at radius 3 is 2.68 bits per heavy atom. The molecule has 142 valence electrons. The van der Waals surface area contributed by atoms with Crippen molar-refractivity contribution in [3.63, 3.8) is 0 Å². The first-order valence-corrected chi connectivity index (χ1v) is 8.78. The summed E-state index contributed by atoms with van der Waals surface area (Å²) in [6.45, 7) is 0.224. The predicted molar refractivity (Wildman–Crippen MR) is 106 cm³/mol. The van der Waals surface area contributed by atoms with Crippen molar-refractivity contribution in [2.24, 2.45) is 0 Å². The third kappa shape index (κ3) is 3.79. The molecule has 0 saturated heterocycles. The second-order valence-electron chi connectivity index (χ2n) is 5.92. The molecule has 1 amide bonds. The fraction of sp³-hybridized carbons (Fsp3) is 0.100. The van der Waals surface area contributed by atoms with Gasteiger partial charge in [-0.2, -0.15) is 0 Å². The van der Waals surface area contributed by atoms with Crippen molar-refractivity contribution in [2.75, 3.05) is 24.5 Å². The predicted octanol–water partition coefficient (Wildman–Crippen LogP) is 4.47. The zero-order valence-corrected chi connectivity index (χ0v) is 15.6. The lowest BCUT2D eigenvalue weighted by Gasteiger charge is -2.11. The molecule has 0 saturated carbocycles. The van der Waals surface area contributed by atoms with E-state index in [9.17, 15) is 4.79 Å². The van der Waals surface area contributed by atoms with Crippen LogP contribution in [0.2, 0.25) is 5.02 Å². The molecule has 0 spiro atoms. The van der Waals surface area contributed by atoms with Gasteiger partial charge in [-0.25, -0.2) is 4.98 Å². The van der Waals surface area contributed by atoms with Crippen LogP contribution < -0.4 is 24.8 Å². The number of amides is 1. The van der Waals surface area contributed by atoms with Gasteiger partial charge in [-0.3, -0.25) is 4.79 Å². The topological polar surface area (TPSA) is 81.7 Å². The van der Waals surface area contributed by atoms with Crippen LogP contribution in [0.5, 0.6) is 17.2 Å². The molecular formula is C20H16ClN3O4. The van der Waals surface area contributed by atoms with Crippen LogP contribution in [0.15, 0.2) is 54.7 Å². The monoisotopic (exact) mass is 397 g/mol. The van der Waals surface area contributed by atoms with Gasteiger partial charge in [0.15, 0.2) is 11.5 Å². The Morgan fingerprint density at radius 2 is 1.89 bits per heavy atom. The summed E-state index contributed by atoms with van der Waals surface area (Å²) in [4.78, 5) is 16.7. The normalized spacial score (nSPS) is 11.8. The van der Waals surface area contributed by atoms with E-state index in [4.69, 9.17) is 25.8 Å². The zero-order valence-electron chi connectivity index (χ0n) is 14.9. The molecule has 0 radical (unpaired) electrons. The van der Waals surface area contributed by atoms with E-state index < -0.39 is 0 Å². The Bertz CT molecular complexity index is 1020. The zero-order chi connectivity index (χ0) is 19.5. The van der Waals surface area contributed by atoms with E-state index in [-0.39, 0.29) is 18.4 Å². The summed E-state index contributed by atoms with van der Waals surface area (Å²) < 4.78 is 15.9. The molecule has 0 fully saturated rings. The van der Waals surface area contributed by atoms with Crippen molar-refractivity contribution >= 4 is 34.6 Å². The lowest BCUT2D eigenvalue weighted by Crippen LogP contribution is -2.14. The number of halogens is 1. The summed E-state index contributed by atoms with van der Waals surface area (Å²) in [5, 5.41) is 6.46. The highest BCUT2D eigenvalue weighted by molar-refractivity contribution is 6.31. The molecule has 1 aliphatic heterocycles. The minimum absolute atomic E-state index is 0.224. The van der Waals surface area contributed by atoms with Gasteiger partial charge in [-0.15, -0.1) is 0 Å². The Balaban J connectivity index is 1.46. The maximum Gasteiger partial charge on any atom is 0.274 e. The van der Waals surface area contributed by atoms with E-state index in [1.54, 1.807) is 36.5 Å². The third-order valence-electron chi connectivity index (χ3n) is 4.07. The lowest BCUT2D eigenvalue weighted by atomic mass is 10.2. The van der Waals surface area contributed by atoms with Gasteiger partial charge in [0.1, 0.15) is 11.4 Å². The number of carbonyl (C=O) groups is 1. The van der Waals surface area contributed by atoms with E-state index in [2.05, 4.69) is 15.6 Å². The third-order valence-corrected chi connectivity index (χ3v) is 4.30. The van der Waals surface area contributed by atoms with Crippen LogP contribution in [0.3, 0.4) is 0 Å². The van der Waals surface area contributed by atoms with Crippen molar-refractivity contribution in [1.29, 1.82) is 0 Å². The SMILES string of the molecule is COc1ccc(Cl)cc1NC(=O)c1ccc(Nc2ccc3c(c2)OCO3)cn1. The number of fused-ring (bicyclic) bond motifs is 1. The van der Waals surface area contributed by atoms with Crippen LogP contribution in [0.4, 0.5) is 17.1 Å². The number of nitrogens with zero attached hydrogens (tertiary/aromatic N) is 1. The van der Waals surface area contributed by atoms with E-state index in [0.29, 0.717) is 28.0 Å². The fourth-order valence-electron chi connectivity index (χ4n) is 2.71. The highest BCUT2D eigenvalue weighted by atomic mass is 35.5. The minimum atomic E-state index is -0.366. The van der Waals surface area contributed by atoms with Crippen molar-refractivity contribution in [2.45, 2.75) is 0 Å². The summed E-state index contributed by atoms with van der Waals surface area (Å²) in [7, 11) is 1.52. The number of aromatic nitrogens is 1. The molecule has 4 rings (SSSR count). The van der Waals surface area contributed by atoms with Crippen LogP contribution in [0.25, 0.3) is 0 Å². The summed E-state index contributed by atoms with van der Waals surface area (Å²) in [5.74, 6) is 1.55. The van der Waals surface area contributed by atoms with Gasteiger partial charge < -0.3 is 24.8 Å². The number of ether oxygens (including phenoxy) is 3. The van der Waals surface area contributed by atoms with Crippen molar-refractivity contribution in [3.8, 4) is 17.2 Å². The molecule has 28 heavy (non-hydrogen) atoms. The van der Waals surface area contributed by atoms with Gasteiger partial charge in [0, 0.05) is 16.8 Å². The smallest absolute Gasteiger partial charge is 0.274 e. The van der Waals surface area contributed by atoms with E-state index in [0.717, 1.165) is 11.4 Å². The number of pyridine rings is 1. The average molecular weight is 398 g/mol. The maximum absolute atomic E-state index is 12.5. The second kappa shape index (κ2) is 7.66. The van der Waals surface area contributed by atoms with Gasteiger partial charge in [-0.1, -0.05) is 11.6 Å². The van der Waals surface area contributed by atoms with E-state index in [1.165, 1.54) is 7.11 Å². The number of methoxy groups -OCH3 is 1. The van der Waals surface area contributed by atoms with Gasteiger partial charge in [0.2, 0.25) is 6.79 Å². The van der Waals surface area contributed by atoms with Crippen molar-refractivity contribution in [1.82, 2.24) is 4.98 Å². The first-order valence-electron chi connectivity index (χ1n) is 8.40. The average Bonchev–Trinajstić information content (AvgIpc) is 3.16. The highest BCUT2D eigenvalue weighted by Gasteiger charge is 2.14. The molecule has 7 nitrogen and oxygen atoms in total. The summed E-state index contributed by atoms with van der Waals surface area (Å²) in [6.07, 6.45) is 1.58. The molecule has 2 heterocycles. The summed E-state index contributed by atoms with van der Waals surface area (Å²) in [5.41, 5.74) is 2.30. The van der Waals surface area contributed by atoms with Gasteiger partial charge in [0.25, 0.3) is 5.91 Å². The van der Waals surface area contributed by atoms with Gasteiger partial charge in [0.05, 0.1) is 24.7 Å². The maximum atomic E-state index is 12.5. The molecule has 1 aromatic heterocycles. The van der Waals surface area contributed by atoms with Crippen molar-refractivity contribution < 1.29 is 19.0 Å². The Morgan fingerprint density at radius 1 is 1.07 bits per heavy atom. The van der Waals surface area contributed by atoms with Crippen LogP contribution in [0, 0.1) is 0 Å². The van der Waals surface area contributed by atoms with Gasteiger partial charge >= 0.3 is 0 Å². The Kier molecular flexibility index (Phi) is 4.90. The molecule has 3 aromatic rings. The standard InChI is InChI=1S/C20H16ClN3O4/c1-26-17-6-2-12(21)8-16(17)24-20(25)15-5-3-14(10-22-15)23-13-4-7-18-19(9-13)28-11-27-18/h2-10,23H,11H2,1H3,(H,24,25). The number of hydrogen-bond acceptors (Lipinski definition) is 6. The molecule has 0 aliphatic carbocycles. The number of hydrogen-bond donors (Lipinski definition) is 2. The lowest BCUT2D eigenvalue weighted by molar-refractivity contribution is 0.102. The number of rotatable bonds is 5. The van der Waals surface area contributed by atoms with E-state index >= 15 is 0 Å². The Labute approximate surface area is 166 Å². The summed E-state index contributed by atoms with van der Waals surface area (Å²) >= 11 is 5.99. The second-order valence-corrected chi connectivity index (χ2v) is 6.36. The molecule has 0 atom stereocenters. The fourth-order valence-corrected chi connectivity index (χ4v) is 2.88.